The van der Waals surface area contributed by atoms with Crippen LogP contribution in [0.25, 0.3) is 22.4 Å². The van der Waals surface area contributed by atoms with Crippen molar-refractivity contribution in [2.45, 2.75) is 31.7 Å². The van der Waals surface area contributed by atoms with Gasteiger partial charge < -0.3 is 5.32 Å². The summed E-state index contributed by atoms with van der Waals surface area (Å²) in [6.45, 7) is 0. The second-order valence-corrected chi connectivity index (χ2v) is 7.06. The van der Waals surface area contributed by atoms with E-state index >= 15 is 0 Å². The van der Waals surface area contributed by atoms with E-state index in [2.05, 4.69) is 15.4 Å². The smallest absolute Gasteiger partial charge is 0.164 e. The second kappa shape index (κ2) is 5.26. The quantitative estimate of drug-likeness (QED) is 0.803. The fourth-order valence-electron chi connectivity index (χ4n) is 4.36. The Hall–Kier alpha value is -2.50. The molecular formula is C18H20N6. The van der Waals surface area contributed by atoms with Gasteiger partial charge in [-0.3, -0.25) is 9.67 Å². The highest BCUT2D eigenvalue weighted by molar-refractivity contribution is 5.88. The molecule has 3 aromatic heterocycles. The molecule has 6 nitrogen and oxygen atoms in total. The van der Waals surface area contributed by atoms with Crippen LogP contribution in [-0.2, 0) is 7.05 Å². The summed E-state index contributed by atoms with van der Waals surface area (Å²) in [5, 5.41) is 9.09. The summed E-state index contributed by atoms with van der Waals surface area (Å²) in [7, 11) is 1.92. The second-order valence-electron chi connectivity index (χ2n) is 7.06. The Kier molecular flexibility index (Phi) is 3.04. The average Bonchev–Trinajstić information content (AvgIpc) is 3.32. The standard InChI is InChI=1S/C18H20N6/c1-24-18-14(10-20-24)17(21-15-9-11-2-3-13(15)8-11)22-16(23-18)12-4-6-19-7-5-12/h4-7,10-11,13,15H,2-3,8-9H2,1H3,(H,21,22,23)/t11-,13+,15-/m1/s1. The van der Waals surface area contributed by atoms with Crippen molar-refractivity contribution in [1.29, 1.82) is 0 Å². The third kappa shape index (κ3) is 2.17. The van der Waals surface area contributed by atoms with Crippen molar-refractivity contribution in [3.8, 4) is 11.4 Å². The van der Waals surface area contributed by atoms with E-state index in [0.29, 0.717) is 6.04 Å². The lowest BCUT2D eigenvalue weighted by Gasteiger charge is -2.23. The maximum absolute atomic E-state index is 4.83. The Morgan fingerprint density at radius 3 is 2.75 bits per heavy atom. The lowest BCUT2D eigenvalue weighted by molar-refractivity contribution is 0.439. The molecule has 2 fully saturated rings. The molecule has 2 aliphatic rings. The molecule has 6 heteroatoms. The number of nitrogens with one attached hydrogen (secondary N) is 1. The number of anilines is 1. The molecule has 2 aliphatic carbocycles. The molecule has 0 amide bonds. The van der Waals surface area contributed by atoms with Crippen molar-refractivity contribution in [3.05, 3.63) is 30.7 Å². The van der Waals surface area contributed by atoms with Gasteiger partial charge in [0.05, 0.1) is 11.6 Å². The minimum atomic E-state index is 0.535. The number of pyridine rings is 1. The predicted octanol–water partition coefficient (Wildman–Crippen LogP) is 3.03. The first-order valence-corrected chi connectivity index (χ1v) is 8.64. The van der Waals surface area contributed by atoms with E-state index in [4.69, 9.17) is 9.97 Å². The molecule has 5 rings (SSSR count). The number of hydrogen-bond donors (Lipinski definition) is 1. The van der Waals surface area contributed by atoms with Gasteiger partial charge in [0.1, 0.15) is 5.82 Å². The fraction of sp³-hybridized carbons (Fsp3) is 0.444. The van der Waals surface area contributed by atoms with Gasteiger partial charge in [-0.15, -0.1) is 0 Å². The van der Waals surface area contributed by atoms with Crippen molar-refractivity contribution >= 4 is 16.9 Å². The number of fused-ring (bicyclic) bond motifs is 3. The van der Waals surface area contributed by atoms with Gasteiger partial charge in [0, 0.05) is 31.0 Å². The van der Waals surface area contributed by atoms with Gasteiger partial charge in [0.25, 0.3) is 0 Å². The number of hydrogen-bond acceptors (Lipinski definition) is 5. The molecule has 1 N–H and O–H groups in total. The largest absolute Gasteiger partial charge is 0.366 e. The van der Waals surface area contributed by atoms with Gasteiger partial charge in [-0.1, -0.05) is 6.42 Å². The van der Waals surface area contributed by atoms with Crippen LogP contribution in [0.4, 0.5) is 5.82 Å². The van der Waals surface area contributed by atoms with Crippen LogP contribution in [0.15, 0.2) is 30.7 Å². The van der Waals surface area contributed by atoms with E-state index in [9.17, 15) is 0 Å². The molecule has 0 aromatic carbocycles. The molecule has 122 valence electrons. The maximum Gasteiger partial charge on any atom is 0.164 e. The number of rotatable bonds is 3. The lowest BCUT2D eigenvalue weighted by atomic mass is 9.95. The molecule has 2 bridgehead atoms. The summed E-state index contributed by atoms with van der Waals surface area (Å²) in [5.41, 5.74) is 1.84. The van der Waals surface area contributed by atoms with Crippen molar-refractivity contribution in [1.82, 2.24) is 24.7 Å². The Bertz CT molecular complexity index is 887. The van der Waals surface area contributed by atoms with Crippen LogP contribution >= 0.6 is 0 Å². The topological polar surface area (TPSA) is 68.5 Å². The molecule has 0 unspecified atom stereocenters. The molecule has 0 spiro atoms. The van der Waals surface area contributed by atoms with Gasteiger partial charge in [0.2, 0.25) is 0 Å². The summed E-state index contributed by atoms with van der Waals surface area (Å²) < 4.78 is 1.81. The van der Waals surface area contributed by atoms with E-state index < -0.39 is 0 Å². The van der Waals surface area contributed by atoms with Gasteiger partial charge in [-0.05, 0) is 43.2 Å². The third-order valence-corrected chi connectivity index (χ3v) is 5.59. The van der Waals surface area contributed by atoms with Gasteiger partial charge >= 0.3 is 0 Å². The molecule has 3 heterocycles. The van der Waals surface area contributed by atoms with E-state index in [-0.39, 0.29) is 0 Å². The Balaban J connectivity index is 1.59. The zero-order valence-corrected chi connectivity index (χ0v) is 13.7. The highest BCUT2D eigenvalue weighted by Crippen LogP contribution is 2.45. The molecule has 24 heavy (non-hydrogen) atoms. The third-order valence-electron chi connectivity index (χ3n) is 5.59. The van der Waals surface area contributed by atoms with Gasteiger partial charge in [-0.25, -0.2) is 9.97 Å². The van der Waals surface area contributed by atoms with Crippen LogP contribution in [0.1, 0.15) is 25.7 Å². The van der Waals surface area contributed by atoms with E-state index in [1.165, 1.54) is 25.7 Å². The van der Waals surface area contributed by atoms with Crippen LogP contribution in [0.3, 0.4) is 0 Å². The summed E-state index contributed by atoms with van der Waals surface area (Å²) >= 11 is 0. The Labute approximate surface area is 140 Å². The van der Waals surface area contributed by atoms with Gasteiger partial charge in [0.15, 0.2) is 11.5 Å². The molecule has 0 saturated heterocycles. The minimum Gasteiger partial charge on any atom is -0.366 e. The number of aromatic nitrogens is 5. The minimum absolute atomic E-state index is 0.535. The normalized spacial score (nSPS) is 25.5. The molecule has 2 saturated carbocycles. The van der Waals surface area contributed by atoms with E-state index in [0.717, 1.165) is 40.1 Å². The van der Waals surface area contributed by atoms with Crippen LogP contribution < -0.4 is 5.32 Å². The molecule has 0 aliphatic heterocycles. The number of nitrogens with zero attached hydrogens (tertiary/aromatic N) is 5. The van der Waals surface area contributed by atoms with Crippen LogP contribution in [0.2, 0.25) is 0 Å². The predicted molar refractivity (Wildman–Crippen MR) is 92.4 cm³/mol. The zero-order chi connectivity index (χ0) is 16.1. The van der Waals surface area contributed by atoms with E-state index in [1.807, 2.05) is 30.1 Å². The summed E-state index contributed by atoms with van der Waals surface area (Å²) in [6, 6.07) is 4.42. The maximum atomic E-state index is 4.83. The molecule has 3 atom stereocenters. The van der Waals surface area contributed by atoms with Crippen molar-refractivity contribution in [3.63, 3.8) is 0 Å². The highest BCUT2D eigenvalue weighted by Gasteiger charge is 2.39. The number of aryl methyl sites for hydroxylation is 1. The Morgan fingerprint density at radius 1 is 1.12 bits per heavy atom. The zero-order valence-electron chi connectivity index (χ0n) is 13.7. The highest BCUT2D eigenvalue weighted by atomic mass is 15.3. The van der Waals surface area contributed by atoms with Crippen molar-refractivity contribution in [2.24, 2.45) is 18.9 Å². The van der Waals surface area contributed by atoms with Crippen LogP contribution in [0.5, 0.6) is 0 Å². The van der Waals surface area contributed by atoms with Crippen LogP contribution in [0, 0.1) is 11.8 Å². The van der Waals surface area contributed by atoms with E-state index in [1.54, 1.807) is 12.4 Å². The summed E-state index contributed by atoms with van der Waals surface area (Å²) in [4.78, 5) is 13.6. The van der Waals surface area contributed by atoms with Gasteiger partial charge in [-0.2, -0.15) is 5.10 Å². The fourth-order valence-corrected chi connectivity index (χ4v) is 4.36. The average molecular weight is 320 g/mol. The molecular weight excluding hydrogens is 300 g/mol. The first kappa shape index (κ1) is 13.9. The van der Waals surface area contributed by atoms with Crippen LogP contribution in [-0.4, -0.2) is 30.8 Å². The van der Waals surface area contributed by atoms with Crippen molar-refractivity contribution < 1.29 is 0 Å². The summed E-state index contributed by atoms with van der Waals surface area (Å²) in [6.07, 6.45) is 10.8. The van der Waals surface area contributed by atoms with Crippen molar-refractivity contribution in [2.75, 3.05) is 5.32 Å². The first-order chi connectivity index (χ1) is 11.8. The lowest BCUT2D eigenvalue weighted by Crippen LogP contribution is -2.26. The SMILES string of the molecule is Cn1ncc2c(N[C@@H]3C[C@@H]4CC[C@H]3C4)nc(-c3ccncc3)nc21. The summed E-state index contributed by atoms with van der Waals surface area (Å²) in [5.74, 6) is 3.33. The Morgan fingerprint density at radius 2 is 2.00 bits per heavy atom. The monoisotopic (exact) mass is 320 g/mol. The first-order valence-electron chi connectivity index (χ1n) is 8.64. The molecule has 0 radical (unpaired) electrons. The molecule has 3 aromatic rings.